The van der Waals surface area contributed by atoms with Crippen LogP contribution in [0, 0.1) is 40.9 Å². The molecule has 6 aliphatic rings. The van der Waals surface area contributed by atoms with Gasteiger partial charge in [0.05, 0.1) is 23.9 Å². The Bertz CT molecular complexity index is 1180. The number of benzene rings is 1. The van der Waals surface area contributed by atoms with Gasteiger partial charge in [-0.25, -0.2) is 4.79 Å². The SMILES string of the molecule is CC1=C2C[C@H]3C(CC[C@@H]4C[C@@H](O)CC[C@@]43C)[C@@H]2CC[C@@]2(C1)O[C@@H]1C[C@H](C)CN(C(=O)OCc3ccccc3)[C@H]1[C@H]2C. The van der Waals surface area contributed by atoms with Gasteiger partial charge in [-0.3, -0.25) is 0 Å². The molecule has 3 saturated carbocycles. The van der Waals surface area contributed by atoms with Crippen molar-refractivity contribution in [3.8, 4) is 0 Å². The first kappa shape index (κ1) is 28.0. The molecule has 11 atom stereocenters. The molecule has 4 aliphatic carbocycles. The summed E-state index contributed by atoms with van der Waals surface area (Å²) in [5.41, 5.74) is 4.56. The highest BCUT2D eigenvalue weighted by atomic mass is 16.6. The lowest BCUT2D eigenvalue weighted by Gasteiger charge is -2.53. The van der Waals surface area contributed by atoms with Gasteiger partial charge in [-0.2, -0.15) is 0 Å². The van der Waals surface area contributed by atoms with E-state index in [2.05, 4.69) is 27.7 Å². The zero-order chi connectivity index (χ0) is 28.5. The van der Waals surface area contributed by atoms with E-state index in [0.29, 0.717) is 29.8 Å². The summed E-state index contributed by atoms with van der Waals surface area (Å²) in [6, 6.07) is 10.1. The largest absolute Gasteiger partial charge is 0.445 e. The first-order valence-electron chi connectivity index (χ1n) is 16.7. The molecule has 5 fully saturated rings. The zero-order valence-electron chi connectivity index (χ0n) is 25.7. The lowest BCUT2D eigenvalue weighted by Crippen LogP contribution is -2.54. The quantitative estimate of drug-likeness (QED) is 0.380. The predicted octanol–water partition coefficient (Wildman–Crippen LogP) is 7.52. The van der Waals surface area contributed by atoms with Gasteiger partial charge >= 0.3 is 6.09 Å². The van der Waals surface area contributed by atoms with E-state index in [9.17, 15) is 9.90 Å². The highest BCUT2D eigenvalue weighted by molar-refractivity contribution is 5.68. The third-order valence-corrected chi connectivity index (χ3v) is 13.2. The van der Waals surface area contributed by atoms with Crippen molar-refractivity contribution in [1.82, 2.24) is 4.90 Å². The normalized spacial score (nSPS) is 45.5. The van der Waals surface area contributed by atoms with Gasteiger partial charge in [-0.1, -0.05) is 62.2 Å². The molecule has 1 amide bonds. The number of aliphatic hydroxyl groups excluding tert-OH is 1. The maximum Gasteiger partial charge on any atom is 0.410 e. The van der Waals surface area contributed by atoms with Crippen LogP contribution in [0.15, 0.2) is 41.5 Å². The van der Waals surface area contributed by atoms with E-state index in [0.717, 1.165) is 56.0 Å². The Kier molecular flexibility index (Phi) is 7.09. The fraction of sp³-hybridized carbons (Fsp3) is 0.750. The molecule has 5 nitrogen and oxygen atoms in total. The van der Waals surface area contributed by atoms with Gasteiger partial charge in [-0.05, 0) is 112 Å². The average molecular weight is 562 g/mol. The molecule has 1 aromatic carbocycles. The summed E-state index contributed by atoms with van der Waals surface area (Å²) in [7, 11) is 0. The molecule has 0 bridgehead atoms. The molecule has 1 aromatic rings. The van der Waals surface area contributed by atoms with Crippen LogP contribution >= 0.6 is 0 Å². The summed E-state index contributed by atoms with van der Waals surface area (Å²) >= 11 is 0. The number of fused-ring (bicyclic) bond motifs is 6. The smallest absolute Gasteiger partial charge is 0.410 e. The summed E-state index contributed by atoms with van der Waals surface area (Å²) in [5.74, 6) is 3.63. The molecular weight excluding hydrogens is 510 g/mol. The third-order valence-electron chi connectivity index (χ3n) is 13.2. The topological polar surface area (TPSA) is 59.0 Å². The maximum atomic E-state index is 13.5. The van der Waals surface area contributed by atoms with Gasteiger partial charge in [0.2, 0.25) is 0 Å². The Labute approximate surface area is 247 Å². The number of rotatable bonds is 2. The zero-order valence-corrected chi connectivity index (χ0v) is 25.7. The summed E-state index contributed by atoms with van der Waals surface area (Å²) in [4.78, 5) is 15.5. The number of ether oxygens (including phenoxy) is 2. The summed E-state index contributed by atoms with van der Waals surface area (Å²) in [5, 5.41) is 10.4. The second kappa shape index (κ2) is 10.4. The summed E-state index contributed by atoms with van der Waals surface area (Å²) in [6.45, 7) is 10.7. The minimum atomic E-state index is -0.190. The number of amides is 1. The van der Waals surface area contributed by atoms with E-state index in [1.807, 2.05) is 35.2 Å². The standard InChI is InChI=1S/C36H51NO4/c1-22-16-32-33(37(20-22)34(39)40-21-25-8-6-5-7-9-25)24(3)36(41-32)15-13-28-29-11-10-26-17-27(38)12-14-35(26,4)31(29)18-30(28)23(2)19-36/h5-9,22,24,26-29,31-33,38H,10-21H2,1-4H3/t22-,24+,26+,27-,28-,29?,31-,32+,33-,35-,36-/m0/s1. The number of carbonyl (C=O) groups is 1. The minimum Gasteiger partial charge on any atom is -0.445 e. The molecule has 1 unspecified atom stereocenters. The van der Waals surface area contributed by atoms with Crippen molar-refractivity contribution < 1.29 is 19.4 Å². The Hall–Kier alpha value is -1.85. The lowest BCUT2D eigenvalue weighted by molar-refractivity contribution is -0.0832. The number of hydrogen-bond donors (Lipinski definition) is 1. The van der Waals surface area contributed by atoms with E-state index >= 15 is 0 Å². The second-order valence-corrected chi connectivity index (χ2v) is 15.3. The molecule has 7 rings (SSSR count). The van der Waals surface area contributed by atoms with E-state index in [4.69, 9.17) is 9.47 Å². The number of likely N-dealkylation sites (tertiary alicyclic amines) is 1. The Morgan fingerprint density at radius 3 is 2.71 bits per heavy atom. The molecule has 1 N–H and O–H groups in total. The van der Waals surface area contributed by atoms with Crippen molar-refractivity contribution >= 4 is 6.09 Å². The summed E-state index contributed by atoms with van der Waals surface area (Å²) in [6.07, 6.45) is 11.2. The third kappa shape index (κ3) is 4.60. The van der Waals surface area contributed by atoms with Crippen LogP contribution < -0.4 is 0 Å². The maximum absolute atomic E-state index is 13.5. The Morgan fingerprint density at radius 2 is 1.90 bits per heavy atom. The van der Waals surface area contributed by atoms with Crippen molar-refractivity contribution in [2.45, 2.75) is 122 Å². The van der Waals surface area contributed by atoms with Gasteiger partial charge in [-0.15, -0.1) is 0 Å². The average Bonchev–Trinajstić information content (AvgIpc) is 3.42. The van der Waals surface area contributed by atoms with Crippen LogP contribution in [0.25, 0.3) is 0 Å². The fourth-order valence-corrected chi connectivity index (χ4v) is 11.0. The van der Waals surface area contributed by atoms with Crippen LogP contribution in [0.1, 0.15) is 97.5 Å². The van der Waals surface area contributed by atoms with Crippen LogP contribution in [0.4, 0.5) is 4.79 Å². The molecule has 1 spiro atoms. The van der Waals surface area contributed by atoms with E-state index in [-0.39, 0.29) is 35.9 Å². The first-order valence-corrected chi connectivity index (χ1v) is 16.7. The molecule has 41 heavy (non-hydrogen) atoms. The monoisotopic (exact) mass is 561 g/mol. The number of nitrogens with zero attached hydrogens (tertiary/aromatic N) is 1. The van der Waals surface area contributed by atoms with Crippen LogP contribution in [0.2, 0.25) is 0 Å². The second-order valence-electron chi connectivity index (χ2n) is 15.3. The van der Waals surface area contributed by atoms with Gasteiger partial charge < -0.3 is 19.5 Å². The molecule has 224 valence electrons. The summed E-state index contributed by atoms with van der Waals surface area (Å²) < 4.78 is 13.1. The van der Waals surface area contributed by atoms with Gasteiger partial charge in [0.25, 0.3) is 0 Å². The van der Waals surface area contributed by atoms with Crippen LogP contribution in [0.5, 0.6) is 0 Å². The van der Waals surface area contributed by atoms with Gasteiger partial charge in [0.1, 0.15) is 6.61 Å². The van der Waals surface area contributed by atoms with Crippen LogP contribution in [-0.4, -0.2) is 46.5 Å². The number of hydrogen-bond acceptors (Lipinski definition) is 4. The van der Waals surface area contributed by atoms with Crippen LogP contribution in [0.3, 0.4) is 0 Å². The van der Waals surface area contributed by atoms with Crippen molar-refractivity contribution in [2.75, 3.05) is 6.54 Å². The Balaban J connectivity index is 1.11. The van der Waals surface area contributed by atoms with Gasteiger partial charge in [0, 0.05) is 12.5 Å². The minimum absolute atomic E-state index is 0.0836. The van der Waals surface area contributed by atoms with E-state index in [1.54, 1.807) is 11.1 Å². The molecule has 2 aliphatic heterocycles. The fourth-order valence-electron chi connectivity index (χ4n) is 11.0. The highest BCUT2D eigenvalue weighted by Crippen LogP contribution is 2.65. The van der Waals surface area contributed by atoms with Crippen molar-refractivity contribution in [3.63, 3.8) is 0 Å². The highest BCUT2D eigenvalue weighted by Gasteiger charge is 2.60. The molecule has 5 heteroatoms. The van der Waals surface area contributed by atoms with E-state index in [1.165, 1.54) is 32.1 Å². The van der Waals surface area contributed by atoms with Crippen molar-refractivity contribution in [2.24, 2.45) is 40.9 Å². The molecule has 2 saturated heterocycles. The molecule has 0 aromatic heterocycles. The number of carbonyl (C=O) groups excluding carboxylic acids is 1. The van der Waals surface area contributed by atoms with Crippen LogP contribution in [-0.2, 0) is 16.1 Å². The van der Waals surface area contributed by atoms with E-state index < -0.39 is 0 Å². The molecule has 2 heterocycles. The number of allylic oxidation sites excluding steroid dienone is 1. The lowest BCUT2D eigenvalue weighted by atomic mass is 9.52. The molecular formula is C36H51NO4. The van der Waals surface area contributed by atoms with Gasteiger partial charge in [0.15, 0.2) is 0 Å². The first-order chi connectivity index (χ1) is 19.7. The van der Waals surface area contributed by atoms with Crippen molar-refractivity contribution in [1.29, 1.82) is 0 Å². The Morgan fingerprint density at radius 1 is 1.10 bits per heavy atom. The number of piperidine rings is 1. The molecule has 0 radical (unpaired) electrons. The van der Waals surface area contributed by atoms with Crippen molar-refractivity contribution in [3.05, 3.63) is 47.0 Å². The predicted molar refractivity (Wildman–Crippen MR) is 160 cm³/mol. The number of aliphatic hydroxyl groups is 1.